The fourth-order valence-electron chi connectivity index (χ4n) is 2.68. The molecule has 0 unspecified atom stereocenters. The van der Waals surface area contributed by atoms with Crippen LogP contribution in [-0.4, -0.2) is 24.8 Å². The minimum absolute atomic E-state index is 0.0783. The van der Waals surface area contributed by atoms with Gasteiger partial charge in [-0.1, -0.05) is 29.3 Å². The van der Waals surface area contributed by atoms with Crippen LogP contribution in [-0.2, 0) is 26.2 Å². The zero-order chi connectivity index (χ0) is 21.2. The lowest BCUT2D eigenvalue weighted by Gasteiger charge is -2.14. The first-order valence-corrected chi connectivity index (χ1v) is 10.6. The number of hydrogen-bond acceptors (Lipinski definition) is 5. The maximum atomic E-state index is 12.4. The van der Waals surface area contributed by atoms with Gasteiger partial charge in [0.05, 0.1) is 26.0 Å². The minimum Gasteiger partial charge on any atom is -0.460 e. The highest BCUT2D eigenvalue weighted by molar-refractivity contribution is 7.89. The van der Waals surface area contributed by atoms with Gasteiger partial charge in [0.25, 0.3) is 0 Å². The molecule has 10 heteroatoms. The molecule has 2 heterocycles. The van der Waals surface area contributed by atoms with Crippen molar-refractivity contribution in [2.24, 2.45) is 0 Å². The third-order valence-corrected chi connectivity index (χ3v) is 6.41. The average Bonchev–Trinajstić information content (AvgIpc) is 3.05. The van der Waals surface area contributed by atoms with E-state index < -0.39 is 22.0 Å². The number of pyridine rings is 1. The Kier molecular flexibility index (Phi) is 6.15. The largest absolute Gasteiger partial charge is 0.460 e. The van der Waals surface area contributed by atoms with Gasteiger partial charge in [0.2, 0.25) is 10.0 Å². The van der Waals surface area contributed by atoms with E-state index in [1.807, 2.05) is 6.07 Å². The second-order valence-corrected chi connectivity index (χ2v) is 8.69. The summed E-state index contributed by atoms with van der Waals surface area (Å²) in [6.07, 6.45) is 3.46. The van der Waals surface area contributed by atoms with E-state index in [9.17, 15) is 18.5 Å². The van der Waals surface area contributed by atoms with E-state index >= 15 is 0 Å². The van der Waals surface area contributed by atoms with Crippen LogP contribution in [0, 0.1) is 11.3 Å². The zero-order valence-corrected chi connectivity index (χ0v) is 17.4. The molecule has 2 aromatic heterocycles. The maximum Gasteiger partial charge on any atom is 0.324 e. The number of ether oxygens (including phenoxy) is 1. The molecular weight excluding hydrogens is 437 g/mol. The van der Waals surface area contributed by atoms with Gasteiger partial charge in [-0.3, -0.25) is 4.79 Å². The van der Waals surface area contributed by atoms with Crippen LogP contribution in [0.4, 0.5) is 0 Å². The highest BCUT2D eigenvalue weighted by atomic mass is 35.5. The SMILES string of the molecule is C[C@@H](NS(=O)(=O)c1ccc(Cl)c(Cl)c1)C(=O)OCc1cn2ccccc2c1C#N. The molecule has 150 valence electrons. The molecule has 29 heavy (non-hydrogen) atoms. The molecule has 7 nitrogen and oxygen atoms in total. The topological polar surface area (TPSA) is 101 Å². The summed E-state index contributed by atoms with van der Waals surface area (Å²) in [6.45, 7) is 1.20. The predicted octanol–water partition coefficient (Wildman–Crippen LogP) is 3.53. The third-order valence-electron chi connectivity index (χ3n) is 4.13. The molecule has 0 bridgehead atoms. The highest BCUT2D eigenvalue weighted by Crippen LogP contribution is 2.25. The number of hydrogen-bond donors (Lipinski definition) is 1. The van der Waals surface area contributed by atoms with Crippen molar-refractivity contribution in [2.45, 2.75) is 24.5 Å². The number of benzene rings is 1. The Labute approximate surface area is 177 Å². The van der Waals surface area contributed by atoms with Crippen molar-refractivity contribution in [3.05, 3.63) is 70.0 Å². The Morgan fingerprint density at radius 1 is 1.28 bits per heavy atom. The molecule has 1 N–H and O–H groups in total. The average molecular weight is 452 g/mol. The van der Waals surface area contributed by atoms with Crippen molar-refractivity contribution >= 4 is 44.7 Å². The van der Waals surface area contributed by atoms with E-state index in [1.165, 1.54) is 25.1 Å². The maximum absolute atomic E-state index is 12.4. The van der Waals surface area contributed by atoms with Gasteiger partial charge in [-0.15, -0.1) is 0 Å². The van der Waals surface area contributed by atoms with Crippen molar-refractivity contribution in [1.29, 1.82) is 5.26 Å². The van der Waals surface area contributed by atoms with Crippen LogP contribution in [0.25, 0.3) is 5.52 Å². The Balaban J connectivity index is 1.70. The number of fused-ring (bicyclic) bond motifs is 1. The van der Waals surface area contributed by atoms with Gasteiger partial charge in [-0.2, -0.15) is 9.98 Å². The predicted molar refractivity (Wildman–Crippen MR) is 108 cm³/mol. The van der Waals surface area contributed by atoms with Crippen LogP contribution in [0.2, 0.25) is 10.0 Å². The Morgan fingerprint density at radius 2 is 2.03 bits per heavy atom. The smallest absolute Gasteiger partial charge is 0.324 e. The summed E-state index contributed by atoms with van der Waals surface area (Å²) < 4.78 is 34.1. The van der Waals surface area contributed by atoms with Gasteiger partial charge in [-0.25, -0.2) is 8.42 Å². The van der Waals surface area contributed by atoms with Crippen LogP contribution >= 0.6 is 23.2 Å². The van der Waals surface area contributed by atoms with Crippen molar-refractivity contribution in [3.63, 3.8) is 0 Å². The molecule has 1 aromatic carbocycles. The Bertz CT molecular complexity index is 1230. The molecule has 0 radical (unpaired) electrons. The number of nitrogens with zero attached hydrogens (tertiary/aromatic N) is 2. The van der Waals surface area contributed by atoms with Crippen LogP contribution in [0.1, 0.15) is 18.1 Å². The summed E-state index contributed by atoms with van der Waals surface area (Å²) in [5, 5.41) is 9.68. The van der Waals surface area contributed by atoms with E-state index in [0.717, 1.165) is 0 Å². The van der Waals surface area contributed by atoms with Crippen molar-refractivity contribution in [1.82, 2.24) is 9.12 Å². The van der Waals surface area contributed by atoms with Gasteiger partial charge in [0, 0.05) is 18.0 Å². The molecule has 3 rings (SSSR count). The molecule has 0 amide bonds. The summed E-state index contributed by atoms with van der Waals surface area (Å²) in [7, 11) is -4.01. The van der Waals surface area contributed by atoms with Gasteiger partial charge in [-0.05, 0) is 37.3 Å². The monoisotopic (exact) mass is 451 g/mol. The quantitative estimate of drug-likeness (QED) is 0.577. The Hall–Kier alpha value is -2.57. The first kappa shape index (κ1) is 21.1. The van der Waals surface area contributed by atoms with Crippen LogP contribution in [0.5, 0.6) is 0 Å². The fourth-order valence-corrected chi connectivity index (χ4v) is 4.26. The molecule has 0 saturated carbocycles. The standard InChI is InChI=1S/C19H15Cl2N3O4S/c1-12(23-29(26,27)14-5-6-16(20)17(21)8-14)19(25)28-11-13-10-24-7-3-2-4-18(24)15(13)9-22/h2-8,10,12,23H,11H2,1H3/t12-/m1/s1. The minimum atomic E-state index is -4.01. The molecule has 0 saturated heterocycles. The fraction of sp³-hybridized carbons (Fsp3) is 0.158. The number of sulfonamides is 1. The van der Waals surface area contributed by atoms with Crippen molar-refractivity contribution in [2.75, 3.05) is 0 Å². The first-order valence-electron chi connectivity index (χ1n) is 8.35. The molecule has 0 aliphatic carbocycles. The molecule has 0 spiro atoms. The number of carbonyl (C=O) groups is 1. The number of esters is 1. The van der Waals surface area contributed by atoms with Crippen molar-refractivity contribution in [3.8, 4) is 6.07 Å². The van der Waals surface area contributed by atoms with E-state index in [-0.39, 0.29) is 21.5 Å². The molecule has 3 aromatic rings. The molecule has 1 atom stereocenters. The lowest BCUT2D eigenvalue weighted by Crippen LogP contribution is -2.39. The van der Waals surface area contributed by atoms with E-state index in [1.54, 1.807) is 28.9 Å². The summed E-state index contributed by atoms with van der Waals surface area (Å²) in [5.74, 6) is -0.784. The van der Waals surface area contributed by atoms with E-state index in [2.05, 4.69) is 10.8 Å². The van der Waals surface area contributed by atoms with Crippen LogP contribution in [0.3, 0.4) is 0 Å². The summed E-state index contributed by atoms with van der Waals surface area (Å²) in [5.41, 5.74) is 1.60. The highest BCUT2D eigenvalue weighted by Gasteiger charge is 2.24. The number of nitrogens with one attached hydrogen (secondary N) is 1. The normalized spacial score (nSPS) is 12.5. The lowest BCUT2D eigenvalue weighted by atomic mass is 10.2. The van der Waals surface area contributed by atoms with Gasteiger partial charge >= 0.3 is 5.97 Å². The molecule has 0 aliphatic heterocycles. The third kappa shape index (κ3) is 4.54. The number of nitriles is 1. The second-order valence-electron chi connectivity index (χ2n) is 6.16. The molecule has 0 fully saturated rings. The van der Waals surface area contributed by atoms with Crippen molar-refractivity contribution < 1.29 is 17.9 Å². The van der Waals surface area contributed by atoms with Crippen LogP contribution in [0.15, 0.2) is 53.7 Å². The second kappa shape index (κ2) is 8.43. The Morgan fingerprint density at radius 3 is 2.72 bits per heavy atom. The van der Waals surface area contributed by atoms with Gasteiger partial charge in [0.15, 0.2) is 0 Å². The number of carbonyl (C=O) groups excluding carboxylic acids is 1. The number of halogens is 2. The number of aromatic nitrogens is 1. The molecule has 0 aliphatic rings. The van der Waals surface area contributed by atoms with E-state index in [4.69, 9.17) is 27.9 Å². The lowest BCUT2D eigenvalue weighted by molar-refractivity contribution is -0.146. The van der Waals surface area contributed by atoms with Crippen LogP contribution < -0.4 is 4.72 Å². The first-order chi connectivity index (χ1) is 13.7. The van der Waals surface area contributed by atoms with Gasteiger partial charge < -0.3 is 9.14 Å². The van der Waals surface area contributed by atoms with Gasteiger partial charge in [0.1, 0.15) is 18.7 Å². The summed E-state index contributed by atoms with van der Waals surface area (Å²) in [6, 6.07) is 10.1. The zero-order valence-electron chi connectivity index (χ0n) is 15.1. The summed E-state index contributed by atoms with van der Waals surface area (Å²) >= 11 is 11.6. The molecular formula is C19H15Cl2N3O4S. The van der Waals surface area contributed by atoms with E-state index in [0.29, 0.717) is 16.6 Å². The summed E-state index contributed by atoms with van der Waals surface area (Å²) in [4.78, 5) is 12.1. The number of rotatable bonds is 6.